The zero-order valence-corrected chi connectivity index (χ0v) is 13.9. The number of thiazole rings is 1. The van der Waals surface area contributed by atoms with Gasteiger partial charge in [-0.3, -0.25) is 9.59 Å². The Morgan fingerprint density at radius 3 is 2.52 bits per heavy atom. The lowest BCUT2D eigenvalue weighted by molar-refractivity contribution is -0.147. The molecule has 0 aliphatic carbocycles. The minimum atomic E-state index is -0.845. The molecule has 120 valence electrons. The van der Waals surface area contributed by atoms with Gasteiger partial charge in [0.15, 0.2) is 0 Å². The molecule has 1 saturated heterocycles. The van der Waals surface area contributed by atoms with E-state index in [0.29, 0.717) is 18.5 Å². The second-order valence-electron chi connectivity index (χ2n) is 6.21. The molecule has 0 radical (unpaired) electrons. The highest BCUT2D eigenvalue weighted by Crippen LogP contribution is 2.31. The first-order chi connectivity index (χ1) is 10.9. The number of carboxylic acid groups (broad SMARTS) is 1. The SMILES string of the molecule is Cc1csc(-c2ccc(C(=O)N3CCC(C)(C(=O)O)C3)cc2)n1. The van der Waals surface area contributed by atoms with Gasteiger partial charge in [0.05, 0.1) is 5.41 Å². The van der Waals surface area contributed by atoms with Gasteiger partial charge in [0.1, 0.15) is 5.01 Å². The average Bonchev–Trinajstić information content (AvgIpc) is 3.14. The van der Waals surface area contributed by atoms with Gasteiger partial charge in [-0.05, 0) is 32.4 Å². The zero-order chi connectivity index (χ0) is 16.6. The van der Waals surface area contributed by atoms with Crippen LogP contribution in [-0.4, -0.2) is 40.0 Å². The van der Waals surface area contributed by atoms with Gasteiger partial charge in [0.2, 0.25) is 0 Å². The Hall–Kier alpha value is -2.21. The smallest absolute Gasteiger partial charge is 0.311 e. The predicted molar refractivity (Wildman–Crippen MR) is 88.6 cm³/mol. The number of hydrogen-bond acceptors (Lipinski definition) is 4. The van der Waals surface area contributed by atoms with Crippen LogP contribution in [0.4, 0.5) is 0 Å². The molecule has 1 unspecified atom stereocenters. The molecule has 1 amide bonds. The molecule has 1 aliphatic rings. The van der Waals surface area contributed by atoms with Crippen LogP contribution < -0.4 is 0 Å². The van der Waals surface area contributed by atoms with Gasteiger partial charge < -0.3 is 10.0 Å². The highest BCUT2D eigenvalue weighted by atomic mass is 32.1. The lowest BCUT2D eigenvalue weighted by atomic mass is 9.90. The van der Waals surface area contributed by atoms with Crippen molar-refractivity contribution in [2.45, 2.75) is 20.3 Å². The van der Waals surface area contributed by atoms with Crippen LogP contribution >= 0.6 is 11.3 Å². The van der Waals surface area contributed by atoms with Gasteiger partial charge in [-0.25, -0.2) is 4.98 Å². The molecule has 1 aromatic heterocycles. The molecular formula is C17H18N2O3S. The summed E-state index contributed by atoms with van der Waals surface area (Å²) in [6.45, 7) is 4.38. The van der Waals surface area contributed by atoms with Crippen molar-refractivity contribution >= 4 is 23.2 Å². The molecule has 1 fully saturated rings. The van der Waals surface area contributed by atoms with Crippen molar-refractivity contribution < 1.29 is 14.7 Å². The topological polar surface area (TPSA) is 70.5 Å². The molecule has 0 bridgehead atoms. The van der Waals surface area contributed by atoms with Gasteiger partial charge in [-0.2, -0.15) is 0 Å². The fourth-order valence-corrected chi connectivity index (χ4v) is 3.54. The quantitative estimate of drug-likeness (QED) is 0.939. The summed E-state index contributed by atoms with van der Waals surface area (Å²) in [7, 11) is 0. The fourth-order valence-electron chi connectivity index (χ4n) is 2.73. The summed E-state index contributed by atoms with van der Waals surface area (Å²) < 4.78 is 0. The van der Waals surface area contributed by atoms with Crippen LogP contribution in [0.2, 0.25) is 0 Å². The van der Waals surface area contributed by atoms with E-state index in [1.165, 1.54) is 0 Å². The van der Waals surface area contributed by atoms with Crippen molar-refractivity contribution in [2.75, 3.05) is 13.1 Å². The summed E-state index contributed by atoms with van der Waals surface area (Å²) in [6, 6.07) is 7.34. The molecule has 0 saturated carbocycles. The van der Waals surface area contributed by atoms with E-state index in [1.54, 1.807) is 35.3 Å². The lowest BCUT2D eigenvalue weighted by Gasteiger charge is -2.20. The molecule has 23 heavy (non-hydrogen) atoms. The Balaban J connectivity index is 1.75. The first kappa shape index (κ1) is 15.7. The predicted octanol–water partition coefficient (Wildman–Crippen LogP) is 3.06. The van der Waals surface area contributed by atoms with Crippen molar-refractivity contribution in [2.24, 2.45) is 5.41 Å². The maximum Gasteiger partial charge on any atom is 0.311 e. The zero-order valence-electron chi connectivity index (χ0n) is 13.1. The normalized spacial score (nSPS) is 20.7. The molecule has 1 N–H and O–H groups in total. The molecule has 2 aromatic rings. The number of nitrogens with zero attached hydrogens (tertiary/aromatic N) is 2. The number of carbonyl (C=O) groups is 2. The van der Waals surface area contributed by atoms with Crippen molar-refractivity contribution in [3.63, 3.8) is 0 Å². The number of rotatable bonds is 3. The third-order valence-corrected chi connectivity index (χ3v) is 5.28. The minimum absolute atomic E-state index is 0.114. The van der Waals surface area contributed by atoms with E-state index in [-0.39, 0.29) is 12.5 Å². The molecule has 1 aromatic carbocycles. The molecule has 1 atom stereocenters. The van der Waals surface area contributed by atoms with Gasteiger partial charge >= 0.3 is 5.97 Å². The number of benzene rings is 1. The van der Waals surface area contributed by atoms with Crippen molar-refractivity contribution in [1.82, 2.24) is 9.88 Å². The lowest BCUT2D eigenvalue weighted by Crippen LogP contribution is -2.34. The molecule has 0 spiro atoms. The Bertz CT molecular complexity index is 753. The van der Waals surface area contributed by atoms with Gasteiger partial charge in [0, 0.05) is 35.3 Å². The van der Waals surface area contributed by atoms with Crippen LogP contribution in [0, 0.1) is 12.3 Å². The number of aromatic nitrogens is 1. The molecule has 6 heteroatoms. The Morgan fingerprint density at radius 1 is 1.30 bits per heavy atom. The van der Waals surface area contributed by atoms with E-state index in [2.05, 4.69) is 4.98 Å². The van der Waals surface area contributed by atoms with E-state index < -0.39 is 11.4 Å². The maximum atomic E-state index is 12.5. The largest absolute Gasteiger partial charge is 0.481 e. The molecule has 3 rings (SSSR count). The number of carboxylic acids is 1. The summed E-state index contributed by atoms with van der Waals surface area (Å²) in [4.78, 5) is 29.9. The molecule has 5 nitrogen and oxygen atoms in total. The highest BCUT2D eigenvalue weighted by molar-refractivity contribution is 7.13. The Kier molecular flexibility index (Phi) is 3.93. The maximum absolute atomic E-state index is 12.5. The summed E-state index contributed by atoms with van der Waals surface area (Å²) >= 11 is 1.57. The van der Waals surface area contributed by atoms with Gasteiger partial charge in [0.25, 0.3) is 5.91 Å². The van der Waals surface area contributed by atoms with Crippen LogP contribution in [0.1, 0.15) is 29.4 Å². The van der Waals surface area contributed by atoms with Gasteiger partial charge in [-0.15, -0.1) is 11.3 Å². The standard InChI is InChI=1S/C17H18N2O3S/c1-11-9-23-14(18-11)12-3-5-13(6-4-12)15(20)19-8-7-17(2,10-19)16(21)22/h3-6,9H,7-8,10H2,1-2H3,(H,21,22). The van der Waals surface area contributed by atoms with Crippen molar-refractivity contribution in [1.29, 1.82) is 0 Å². The third-order valence-electron chi connectivity index (χ3n) is 4.27. The molecule has 2 heterocycles. The van der Waals surface area contributed by atoms with E-state index in [1.807, 2.05) is 24.4 Å². The van der Waals surface area contributed by atoms with Gasteiger partial charge in [-0.1, -0.05) is 12.1 Å². The Labute approximate surface area is 138 Å². The molecular weight excluding hydrogens is 312 g/mol. The number of aryl methyl sites for hydroxylation is 1. The number of aliphatic carboxylic acids is 1. The second kappa shape index (κ2) is 5.77. The van der Waals surface area contributed by atoms with Crippen LogP contribution in [-0.2, 0) is 4.79 Å². The fraction of sp³-hybridized carbons (Fsp3) is 0.353. The number of likely N-dealkylation sites (tertiary alicyclic amines) is 1. The number of hydrogen-bond donors (Lipinski definition) is 1. The summed E-state index contributed by atoms with van der Waals surface area (Å²) in [6.07, 6.45) is 0.491. The second-order valence-corrected chi connectivity index (χ2v) is 7.07. The van der Waals surface area contributed by atoms with Crippen LogP contribution in [0.15, 0.2) is 29.6 Å². The minimum Gasteiger partial charge on any atom is -0.481 e. The first-order valence-corrected chi connectivity index (χ1v) is 8.32. The van der Waals surface area contributed by atoms with E-state index >= 15 is 0 Å². The van der Waals surface area contributed by atoms with E-state index in [9.17, 15) is 14.7 Å². The van der Waals surface area contributed by atoms with E-state index in [0.717, 1.165) is 16.3 Å². The Morgan fingerprint density at radius 2 is 2.00 bits per heavy atom. The van der Waals surface area contributed by atoms with Crippen LogP contribution in [0.5, 0.6) is 0 Å². The monoisotopic (exact) mass is 330 g/mol. The summed E-state index contributed by atoms with van der Waals surface area (Å²) in [5.74, 6) is -0.959. The van der Waals surface area contributed by atoms with Crippen LogP contribution in [0.3, 0.4) is 0 Å². The summed E-state index contributed by atoms with van der Waals surface area (Å²) in [5, 5.41) is 12.2. The van der Waals surface area contributed by atoms with Crippen molar-refractivity contribution in [3.8, 4) is 10.6 Å². The first-order valence-electron chi connectivity index (χ1n) is 7.44. The number of amides is 1. The highest BCUT2D eigenvalue weighted by Gasteiger charge is 2.42. The summed E-state index contributed by atoms with van der Waals surface area (Å²) in [5.41, 5.74) is 1.71. The number of carbonyl (C=O) groups excluding carboxylic acids is 1. The molecule has 1 aliphatic heterocycles. The van der Waals surface area contributed by atoms with Crippen molar-refractivity contribution in [3.05, 3.63) is 40.9 Å². The van der Waals surface area contributed by atoms with Crippen LogP contribution in [0.25, 0.3) is 10.6 Å². The average molecular weight is 330 g/mol. The van der Waals surface area contributed by atoms with E-state index in [4.69, 9.17) is 0 Å². The third kappa shape index (κ3) is 2.99.